The van der Waals surface area contributed by atoms with Crippen molar-refractivity contribution in [3.8, 4) is 0 Å². The molecular weight excluding hydrogens is 256 g/mol. The van der Waals surface area contributed by atoms with Gasteiger partial charge in [0.2, 0.25) is 0 Å². The zero-order chi connectivity index (χ0) is 15.5. The van der Waals surface area contributed by atoms with Crippen molar-refractivity contribution in [2.45, 2.75) is 52.4 Å². The summed E-state index contributed by atoms with van der Waals surface area (Å²) in [6, 6.07) is 8.41. The fourth-order valence-corrected chi connectivity index (χ4v) is 3.59. The van der Waals surface area contributed by atoms with Crippen LogP contribution in [0.15, 0.2) is 24.3 Å². The maximum absolute atomic E-state index is 5.81. The molecule has 0 spiro atoms. The maximum Gasteiger partial charge on any atom is 0.0314 e. The van der Waals surface area contributed by atoms with Gasteiger partial charge in [-0.25, -0.2) is 0 Å². The molecule has 0 aromatic heterocycles. The van der Waals surface area contributed by atoms with Crippen LogP contribution in [0, 0.1) is 11.8 Å². The highest BCUT2D eigenvalue weighted by Gasteiger charge is 2.26. The lowest BCUT2D eigenvalue weighted by Gasteiger charge is -2.32. The number of nitrogens with zero attached hydrogens (tertiary/aromatic N) is 1. The van der Waals surface area contributed by atoms with Gasteiger partial charge < -0.3 is 10.6 Å². The molecule has 0 radical (unpaired) electrons. The molecule has 21 heavy (non-hydrogen) atoms. The van der Waals surface area contributed by atoms with Crippen LogP contribution in [-0.2, 0) is 5.41 Å². The van der Waals surface area contributed by atoms with Crippen LogP contribution in [0.5, 0.6) is 0 Å². The number of hydrogen-bond acceptors (Lipinski definition) is 2. The number of benzene rings is 1. The highest BCUT2D eigenvalue weighted by atomic mass is 15.1. The predicted molar refractivity (Wildman–Crippen MR) is 92.5 cm³/mol. The topological polar surface area (TPSA) is 29.3 Å². The fourth-order valence-electron chi connectivity index (χ4n) is 3.59. The van der Waals surface area contributed by atoms with Crippen LogP contribution in [0.3, 0.4) is 0 Å². The Morgan fingerprint density at radius 3 is 2.43 bits per heavy atom. The molecule has 0 amide bonds. The predicted octanol–water partition coefficient (Wildman–Crippen LogP) is 4.30. The summed E-state index contributed by atoms with van der Waals surface area (Å²) in [5.41, 5.74) is 8.24. The molecule has 1 aromatic carbocycles. The van der Waals surface area contributed by atoms with E-state index in [1.54, 1.807) is 0 Å². The number of anilines is 1. The van der Waals surface area contributed by atoms with E-state index in [9.17, 15) is 0 Å². The summed E-state index contributed by atoms with van der Waals surface area (Å²) in [4.78, 5) is 2.67. The molecule has 1 aliphatic rings. The Balaban J connectivity index is 1.98. The van der Waals surface area contributed by atoms with Crippen LogP contribution < -0.4 is 5.73 Å². The standard InChI is InChI=1S/C19H32N2/c1-15(2)16-6-5-12-21(13-11-16)14-19(3,4)17-7-9-18(20)10-8-17/h7-10,15-16H,5-6,11-14,20H2,1-4H3. The normalized spacial score (nSPS) is 21.5. The van der Waals surface area contributed by atoms with E-state index in [2.05, 4.69) is 44.7 Å². The lowest BCUT2D eigenvalue weighted by molar-refractivity contribution is 0.225. The summed E-state index contributed by atoms with van der Waals surface area (Å²) in [6.07, 6.45) is 4.10. The Morgan fingerprint density at radius 1 is 1.14 bits per heavy atom. The smallest absolute Gasteiger partial charge is 0.0314 e. The van der Waals surface area contributed by atoms with Gasteiger partial charge in [0.1, 0.15) is 0 Å². The van der Waals surface area contributed by atoms with E-state index in [-0.39, 0.29) is 5.41 Å². The van der Waals surface area contributed by atoms with Crippen LogP contribution in [0.1, 0.15) is 52.5 Å². The highest BCUT2D eigenvalue weighted by Crippen LogP contribution is 2.29. The van der Waals surface area contributed by atoms with E-state index in [4.69, 9.17) is 5.73 Å². The van der Waals surface area contributed by atoms with E-state index >= 15 is 0 Å². The molecule has 0 aliphatic carbocycles. The van der Waals surface area contributed by atoms with E-state index in [1.807, 2.05) is 12.1 Å². The number of likely N-dealkylation sites (tertiary alicyclic amines) is 1. The Hall–Kier alpha value is -1.02. The SMILES string of the molecule is CC(C)C1CCCN(CC(C)(C)c2ccc(N)cc2)CC1. The van der Waals surface area contributed by atoms with Crippen LogP contribution in [0.25, 0.3) is 0 Å². The van der Waals surface area contributed by atoms with Gasteiger partial charge in [-0.2, -0.15) is 0 Å². The monoisotopic (exact) mass is 288 g/mol. The third-order valence-electron chi connectivity index (χ3n) is 5.12. The van der Waals surface area contributed by atoms with Crippen LogP contribution >= 0.6 is 0 Å². The quantitative estimate of drug-likeness (QED) is 0.837. The van der Waals surface area contributed by atoms with Crippen molar-refractivity contribution in [3.05, 3.63) is 29.8 Å². The van der Waals surface area contributed by atoms with E-state index in [0.29, 0.717) is 0 Å². The van der Waals surface area contributed by atoms with Gasteiger partial charge in [-0.1, -0.05) is 39.8 Å². The summed E-state index contributed by atoms with van der Waals surface area (Å²) in [7, 11) is 0. The minimum absolute atomic E-state index is 0.186. The lowest BCUT2D eigenvalue weighted by Crippen LogP contribution is -2.37. The van der Waals surface area contributed by atoms with Gasteiger partial charge in [0.05, 0.1) is 0 Å². The van der Waals surface area contributed by atoms with Crippen LogP contribution in [0.2, 0.25) is 0 Å². The first-order valence-electron chi connectivity index (χ1n) is 8.47. The fraction of sp³-hybridized carbons (Fsp3) is 0.684. The average molecular weight is 288 g/mol. The average Bonchev–Trinajstić information content (AvgIpc) is 2.64. The van der Waals surface area contributed by atoms with Crippen molar-refractivity contribution in [1.29, 1.82) is 0 Å². The molecule has 0 bridgehead atoms. The van der Waals surface area contributed by atoms with Crippen molar-refractivity contribution in [3.63, 3.8) is 0 Å². The molecule has 2 nitrogen and oxygen atoms in total. The van der Waals surface area contributed by atoms with Crippen LogP contribution in [0.4, 0.5) is 5.69 Å². The van der Waals surface area contributed by atoms with Crippen molar-refractivity contribution in [2.75, 3.05) is 25.4 Å². The van der Waals surface area contributed by atoms with Crippen molar-refractivity contribution < 1.29 is 0 Å². The molecule has 1 fully saturated rings. The Morgan fingerprint density at radius 2 is 1.81 bits per heavy atom. The third kappa shape index (κ3) is 4.47. The summed E-state index contributed by atoms with van der Waals surface area (Å²) in [5.74, 6) is 1.74. The van der Waals surface area contributed by atoms with Gasteiger partial charge in [-0.3, -0.25) is 0 Å². The summed E-state index contributed by atoms with van der Waals surface area (Å²) in [5, 5.41) is 0. The van der Waals surface area contributed by atoms with E-state index in [1.165, 1.54) is 37.9 Å². The van der Waals surface area contributed by atoms with E-state index < -0.39 is 0 Å². The van der Waals surface area contributed by atoms with Gasteiger partial charge in [0.25, 0.3) is 0 Å². The Labute approximate surface area is 130 Å². The molecular formula is C19H32N2. The molecule has 2 heteroatoms. The number of rotatable bonds is 4. The molecule has 1 unspecified atom stereocenters. The molecule has 1 atom stereocenters. The second kappa shape index (κ2) is 6.83. The number of nitrogens with two attached hydrogens (primary N) is 1. The van der Waals surface area contributed by atoms with Gasteiger partial charge in [-0.05, 0) is 61.9 Å². The van der Waals surface area contributed by atoms with Crippen LogP contribution in [-0.4, -0.2) is 24.5 Å². The first-order chi connectivity index (χ1) is 9.88. The van der Waals surface area contributed by atoms with Gasteiger partial charge in [-0.15, -0.1) is 0 Å². The molecule has 0 saturated carbocycles. The summed E-state index contributed by atoms with van der Waals surface area (Å²) in [6.45, 7) is 13.1. The molecule has 1 aliphatic heterocycles. The first-order valence-corrected chi connectivity index (χ1v) is 8.47. The molecule has 1 saturated heterocycles. The molecule has 2 rings (SSSR count). The molecule has 1 aromatic rings. The second-order valence-corrected chi connectivity index (χ2v) is 7.72. The molecule has 118 valence electrons. The Bertz CT molecular complexity index is 433. The zero-order valence-electron chi connectivity index (χ0n) is 14.2. The summed E-state index contributed by atoms with van der Waals surface area (Å²) >= 11 is 0. The lowest BCUT2D eigenvalue weighted by atomic mass is 9.84. The van der Waals surface area contributed by atoms with Crippen molar-refractivity contribution in [2.24, 2.45) is 11.8 Å². The minimum atomic E-state index is 0.186. The van der Waals surface area contributed by atoms with E-state index in [0.717, 1.165) is 24.1 Å². The first kappa shape index (κ1) is 16.4. The highest BCUT2D eigenvalue weighted by molar-refractivity contribution is 5.41. The minimum Gasteiger partial charge on any atom is -0.399 e. The maximum atomic E-state index is 5.81. The third-order valence-corrected chi connectivity index (χ3v) is 5.12. The Kier molecular flexibility index (Phi) is 5.32. The summed E-state index contributed by atoms with van der Waals surface area (Å²) < 4.78 is 0. The van der Waals surface area contributed by atoms with Gasteiger partial charge >= 0.3 is 0 Å². The molecule has 1 heterocycles. The zero-order valence-corrected chi connectivity index (χ0v) is 14.2. The molecule has 2 N–H and O–H groups in total. The number of nitrogen functional groups attached to an aromatic ring is 1. The van der Waals surface area contributed by atoms with Gasteiger partial charge in [0, 0.05) is 17.6 Å². The largest absolute Gasteiger partial charge is 0.399 e. The van der Waals surface area contributed by atoms with Crippen molar-refractivity contribution >= 4 is 5.69 Å². The number of hydrogen-bond donors (Lipinski definition) is 1. The van der Waals surface area contributed by atoms with Gasteiger partial charge in [0.15, 0.2) is 0 Å². The second-order valence-electron chi connectivity index (χ2n) is 7.72. The van der Waals surface area contributed by atoms with Crippen molar-refractivity contribution in [1.82, 2.24) is 4.90 Å².